The zero-order chi connectivity index (χ0) is 18.5. The van der Waals surface area contributed by atoms with Crippen molar-refractivity contribution in [2.75, 3.05) is 26.7 Å². The number of carbonyl (C=O) groups excluding carboxylic acids is 1. The number of piperidine rings is 1. The first-order valence-electron chi connectivity index (χ1n) is 9.08. The van der Waals surface area contributed by atoms with Crippen molar-refractivity contribution >= 4 is 18.3 Å². The number of halogens is 2. The Hall–Kier alpha value is -1.99. The van der Waals surface area contributed by atoms with Crippen LogP contribution in [0.1, 0.15) is 30.7 Å². The Bertz CT molecular complexity index is 760. The second-order valence-corrected chi connectivity index (χ2v) is 6.86. The molecule has 0 aliphatic carbocycles. The Morgan fingerprint density at radius 1 is 1.37 bits per heavy atom. The Morgan fingerprint density at radius 2 is 2.11 bits per heavy atom. The van der Waals surface area contributed by atoms with Gasteiger partial charge in [0, 0.05) is 31.5 Å². The average molecular weight is 397 g/mol. The largest absolute Gasteiger partial charge is 0.343 e. The summed E-state index contributed by atoms with van der Waals surface area (Å²) in [6, 6.07) is 4.70. The molecule has 6 nitrogen and oxygen atoms in total. The second kappa shape index (κ2) is 9.80. The number of aromatic nitrogens is 2. The van der Waals surface area contributed by atoms with E-state index in [1.165, 1.54) is 6.07 Å². The van der Waals surface area contributed by atoms with E-state index in [9.17, 15) is 9.18 Å². The molecule has 2 heterocycles. The van der Waals surface area contributed by atoms with Crippen LogP contribution in [-0.4, -0.2) is 47.6 Å². The summed E-state index contributed by atoms with van der Waals surface area (Å²) in [6.45, 7) is 4.33. The molecule has 1 fully saturated rings. The van der Waals surface area contributed by atoms with Crippen LogP contribution in [0, 0.1) is 18.7 Å². The first-order chi connectivity index (χ1) is 12.6. The standard InChI is InChI=1S/C19H25FN4O2.ClH/c1-13-11-15(3-4-16(13)20)19-22-17(26-23-19)5-6-18(25)24-9-7-14(8-10-24)12-21-2;/h3-4,11,14,21H,5-10,12H2,1-2H3;1H. The van der Waals surface area contributed by atoms with Crippen molar-refractivity contribution < 1.29 is 13.7 Å². The van der Waals surface area contributed by atoms with Gasteiger partial charge < -0.3 is 14.7 Å². The Kier molecular flexibility index (Phi) is 7.74. The second-order valence-electron chi connectivity index (χ2n) is 6.86. The predicted octanol–water partition coefficient (Wildman–Crippen LogP) is 3.00. The molecule has 0 spiro atoms. The topological polar surface area (TPSA) is 71.3 Å². The van der Waals surface area contributed by atoms with E-state index in [-0.39, 0.29) is 24.1 Å². The van der Waals surface area contributed by atoms with Crippen LogP contribution in [0.3, 0.4) is 0 Å². The molecule has 0 unspecified atom stereocenters. The van der Waals surface area contributed by atoms with Crippen LogP contribution in [0.15, 0.2) is 22.7 Å². The van der Waals surface area contributed by atoms with Gasteiger partial charge in [0.2, 0.25) is 17.6 Å². The fraction of sp³-hybridized carbons (Fsp3) is 0.526. The Balaban J connectivity index is 0.00000261. The van der Waals surface area contributed by atoms with Gasteiger partial charge in [-0.05, 0) is 63.0 Å². The number of hydrogen-bond acceptors (Lipinski definition) is 5. The van der Waals surface area contributed by atoms with E-state index >= 15 is 0 Å². The van der Waals surface area contributed by atoms with Crippen molar-refractivity contribution in [3.63, 3.8) is 0 Å². The number of amides is 1. The molecule has 1 aliphatic rings. The molecule has 27 heavy (non-hydrogen) atoms. The summed E-state index contributed by atoms with van der Waals surface area (Å²) >= 11 is 0. The zero-order valence-electron chi connectivity index (χ0n) is 15.7. The van der Waals surface area contributed by atoms with Gasteiger partial charge in [0.25, 0.3) is 0 Å². The van der Waals surface area contributed by atoms with Gasteiger partial charge in [-0.2, -0.15) is 4.98 Å². The number of nitrogens with zero attached hydrogens (tertiary/aromatic N) is 3. The highest BCUT2D eigenvalue weighted by Gasteiger charge is 2.22. The minimum absolute atomic E-state index is 0. The van der Waals surface area contributed by atoms with Crippen molar-refractivity contribution in [3.8, 4) is 11.4 Å². The lowest BCUT2D eigenvalue weighted by Gasteiger charge is -2.31. The number of carbonyl (C=O) groups is 1. The Labute approximate surface area is 164 Å². The lowest BCUT2D eigenvalue weighted by Crippen LogP contribution is -2.40. The van der Waals surface area contributed by atoms with Gasteiger partial charge >= 0.3 is 0 Å². The summed E-state index contributed by atoms with van der Waals surface area (Å²) < 4.78 is 18.6. The molecule has 1 aliphatic heterocycles. The van der Waals surface area contributed by atoms with Crippen molar-refractivity contribution in [2.45, 2.75) is 32.6 Å². The highest BCUT2D eigenvalue weighted by Crippen LogP contribution is 2.20. The van der Waals surface area contributed by atoms with E-state index in [1.54, 1.807) is 19.1 Å². The monoisotopic (exact) mass is 396 g/mol. The summed E-state index contributed by atoms with van der Waals surface area (Å²) in [5.74, 6) is 1.37. The van der Waals surface area contributed by atoms with Crippen molar-refractivity contribution in [1.82, 2.24) is 20.4 Å². The average Bonchev–Trinajstić information content (AvgIpc) is 3.12. The third-order valence-electron chi connectivity index (χ3n) is 4.90. The normalized spacial score (nSPS) is 14.9. The maximum absolute atomic E-state index is 13.4. The van der Waals surface area contributed by atoms with E-state index in [2.05, 4.69) is 15.5 Å². The van der Waals surface area contributed by atoms with Crippen LogP contribution in [-0.2, 0) is 11.2 Å². The molecule has 1 amide bonds. The molecule has 148 valence electrons. The van der Waals surface area contributed by atoms with Crippen LogP contribution in [0.2, 0.25) is 0 Å². The lowest BCUT2D eigenvalue weighted by atomic mass is 9.96. The van der Waals surface area contributed by atoms with Crippen LogP contribution >= 0.6 is 12.4 Å². The number of aryl methyl sites for hydroxylation is 2. The maximum Gasteiger partial charge on any atom is 0.227 e. The number of likely N-dealkylation sites (tertiary alicyclic amines) is 1. The summed E-state index contributed by atoms with van der Waals surface area (Å²) in [5.41, 5.74) is 1.24. The predicted molar refractivity (Wildman–Crippen MR) is 103 cm³/mol. The van der Waals surface area contributed by atoms with E-state index in [0.29, 0.717) is 41.6 Å². The van der Waals surface area contributed by atoms with Crippen molar-refractivity contribution in [3.05, 3.63) is 35.5 Å². The highest BCUT2D eigenvalue weighted by molar-refractivity contribution is 5.85. The third-order valence-corrected chi connectivity index (χ3v) is 4.90. The van der Waals surface area contributed by atoms with E-state index < -0.39 is 0 Å². The van der Waals surface area contributed by atoms with Gasteiger partial charge in [-0.1, -0.05) is 5.16 Å². The van der Waals surface area contributed by atoms with Crippen LogP contribution in [0.25, 0.3) is 11.4 Å². The molecule has 0 bridgehead atoms. The fourth-order valence-corrected chi connectivity index (χ4v) is 3.30. The van der Waals surface area contributed by atoms with Crippen LogP contribution in [0.5, 0.6) is 0 Å². The fourth-order valence-electron chi connectivity index (χ4n) is 3.30. The van der Waals surface area contributed by atoms with E-state index in [1.807, 2.05) is 11.9 Å². The van der Waals surface area contributed by atoms with Crippen LogP contribution < -0.4 is 5.32 Å². The number of nitrogens with one attached hydrogen (secondary N) is 1. The third kappa shape index (κ3) is 5.49. The van der Waals surface area contributed by atoms with Crippen LogP contribution in [0.4, 0.5) is 4.39 Å². The maximum atomic E-state index is 13.4. The summed E-state index contributed by atoms with van der Waals surface area (Å²) in [5, 5.41) is 7.14. The highest BCUT2D eigenvalue weighted by atomic mass is 35.5. The lowest BCUT2D eigenvalue weighted by molar-refractivity contribution is -0.132. The molecule has 1 saturated heterocycles. The zero-order valence-corrected chi connectivity index (χ0v) is 16.5. The first-order valence-corrected chi connectivity index (χ1v) is 9.08. The van der Waals surface area contributed by atoms with Gasteiger partial charge in [-0.25, -0.2) is 4.39 Å². The van der Waals surface area contributed by atoms with Gasteiger partial charge in [0.05, 0.1) is 0 Å². The smallest absolute Gasteiger partial charge is 0.227 e. The van der Waals surface area contributed by atoms with Gasteiger partial charge in [-0.3, -0.25) is 4.79 Å². The molecule has 1 aromatic heterocycles. The summed E-state index contributed by atoms with van der Waals surface area (Å²) in [4.78, 5) is 18.6. The number of hydrogen-bond donors (Lipinski definition) is 1. The molecule has 0 atom stereocenters. The van der Waals surface area contributed by atoms with Gasteiger partial charge in [0.15, 0.2) is 0 Å². The molecule has 1 N–H and O–H groups in total. The van der Waals surface area contributed by atoms with E-state index in [4.69, 9.17) is 4.52 Å². The molecule has 0 saturated carbocycles. The molecule has 3 rings (SSSR count). The SMILES string of the molecule is CNCC1CCN(C(=O)CCc2nc(-c3ccc(F)c(C)c3)no2)CC1.Cl. The molecular formula is C19H26ClFN4O2. The van der Waals surface area contributed by atoms with Gasteiger partial charge in [0.1, 0.15) is 5.82 Å². The molecular weight excluding hydrogens is 371 g/mol. The quantitative estimate of drug-likeness (QED) is 0.812. The Morgan fingerprint density at radius 3 is 2.78 bits per heavy atom. The number of benzene rings is 1. The summed E-state index contributed by atoms with van der Waals surface area (Å²) in [6.07, 6.45) is 2.87. The van der Waals surface area contributed by atoms with Gasteiger partial charge in [-0.15, -0.1) is 12.4 Å². The van der Waals surface area contributed by atoms with Crippen molar-refractivity contribution in [2.24, 2.45) is 5.92 Å². The number of rotatable bonds is 6. The summed E-state index contributed by atoms with van der Waals surface area (Å²) in [7, 11) is 1.96. The minimum atomic E-state index is -0.262. The molecule has 8 heteroatoms. The van der Waals surface area contributed by atoms with E-state index in [0.717, 1.165) is 32.5 Å². The molecule has 0 radical (unpaired) electrons. The first kappa shape index (κ1) is 21.3. The van der Waals surface area contributed by atoms with Crippen molar-refractivity contribution in [1.29, 1.82) is 0 Å². The molecule has 2 aromatic rings. The molecule has 1 aromatic carbocycles. The minimum Gasteiger partial charge on any atom is -0.343 e.